The van der Waals surface area contributed by atoms with Crippen molar-refractivity contribution in [2.75, 3.05) is 13.6 Å². The molecule has 0 heterocycles. The number of nitrogens with one attached hydrogen (secondary N) is 1. The van der Waals surface area contributed by atoms with Gasteiger partial charge in [0.1, 0.15) is 0 Å². The molecule has 64 valence electrons. The van der Waals surface area contributed by atoms with Crippen LogP contribution in [0.1, 0.15) is 12.0 Å². The summed E-state index contributed by atoms with van der Waals surface area (Å²) in [5.74, 6) is 0. The van der Waals surface area contributed by atoms with Crippen molar-refractivity contribution in [2.24, 2.45) is 0 Å². The minimum absolute atomic E-state index is 0.940. The average Bonchev–Trinajstić information content (AvgIpc) is 2.15. The molecule has 0 aromatic heterocycles. The maximum Gasteiger partial charge on any atom is 0.0237 e. The van der Waals surface area contributed by atoms with Crippen LogP contribution in [0.5, 0.6) is 0 Å². The first-order valence-corrected chi connectivity index (χ1v) is 4.48. The summed E-state index contributed by atoms with van der Waals surface area (Å²) < 4.78 is 0. The molecule has 0 radical (unpaired) electrons. The fourth-order valence-corrected chi connectivity index (χ4v) is 1.25. The molecule has 0 aliphatic carbocycles. The van der Waals surface area contributed by atoms with E-state index in [-0.39, 0.29) is 0 Å². The monoisotopic (exact) mass is 179 g/mol. The molecule has 12 heavy (non-hydrogen) atoms. The molecule has 1 aromatic carbocycles. The fraction of sp³-hybridized carbons (Fsp3) is 0.300. The van der Waals surface area contributed by atoms with Crippen molar-refractivity contribution in [3.8, 4) is 0 Å². The topological polar surface area (TPSA) is 12.0 Å². The van der Waals surface area contributed by atoms with Crippen LogP contribution in [0.3, 0.4) is 0 Å². The van der Waals surface area contributed by atoms with E-state index in [2.05, 4.69) is 17.4 Å². The molecule has 1 N–H and O–H groups in total. The zero-order chi connectivity index (χ0) is 8.81. The van der Waals surface area contributed by atoms with Gasteiger partial charge in [-0.2, -0.15) is 0 Å². The molecule has 0 spiro atoms. The van der Waals surface area contributed by atoms with Crippen LogP contribution < -0.4 is 5.32 Å². The van der Waals surface area contributed by atoms with Crippen LogP contribution in [-0.4, -0.2) is 18.5 Å². The summed E-state index contributed by atoms with van der Waals surface area (Å²) in [6, 6.07) is 10.1. The quantitative estimate of drug-likeness (QED) is 0.560. The van der Waals surface area contributed by atoms with Crippen LogP contribution >= 0.6 is 12.2 Å². The van der Waals surface area contributed by atoms with E-state index >= 15 is 0 Å². The second-order valence-corrected chi connectivity index (χ2v) is 3.14. The van der Waals surface area contributed by atoms with Crippen molar-refractivity contribution in [3.63, 3.8) is 0 Å². The first-order valence-electron chi connectivity index (χ1n) is 4.07. The summed E-state index contributed by atoms with van der Waals surface area (Å²) in [6.07, 6.45) is 0.940. The smallest absolute Gasteiger partial charge is 0.0237 e. The Balaban J connectivity index is 2.54. The van der Waals surface area contributed by atoms with Crippen molar-refractivity contribution in [1.82, 2.24) is 5.32 Å². The molecule has 0 fully saturated rings. The van der Waals surface area contributed by atoms with Gasteiger partial charge in [0, 0.05) is 4.86 Å². The van der Waals surface area contributed by atoms with Gasteiger partial charge in [0.15, 0.2) is 0 Å². The first-order chi connectivity index (χ1) is 5.84. The summed E-state index contributed by atoms with van der Waals surface area (Å²) in [5, 5.41) is 3.08. The average molecular weight is 179 g/mol. The lowest BCUT2D eigenvalue weighted by Gasteiger charge is -2.02. The van der Waals surface area contributed by atoms with Gasteiger partial charge >= 0.3 is 0 Å². The predicted octanol–water partition coefficient (Wildman–Crippen LogP) is 2.01. The van der Waals surface area contributed by atoms with Gasteiger partial charge in [-0.05, 0) is 25.6 Å². The van der Waals surface area contributed by atoms with Crippen LogP contribution in [0, 0.1) is 0 Å². The number of thiocarbonyl (C=S) groups is 1. The van der Waals surface area contributed by atoms with E-state index in [1.807, 2.05) is 25.2 Å². The fourth-order valence-electron chi connectivity index (χ4n) is 1.01. The third kappa shape index (κ3) is 2.72. The van der Waals surface area contributed by atoms with Gasteiger partial charge in [0.25, 0.3) is 0 Å². The van der Waals surface area contributed by atoms with E-state index in [0.717, 1.165) is 17.8 Å². The highest BCUT2D eigenvalue weighted by atomic mass is 32.1. The van der Waals surface area contributed by atoms with Crippen LogP contribution in [-0.2, 0) is 0 Å². The Bertz CT molecular complexity index is 243. The number of hydrogen-bond donors (Lipinski definition) is 1. The molecule has 1 rings (SSSR count). The van der Waals surface area contributed by atoms with E-state index in [4.69, 9.17) is 12.2 Å². The van der Waals surface area contributed by atoms with E-state index in [1.54, 1.807) is 0 Å². The zero-order valence-corrected chi connectivity index (χ0v) is 8.03. The summed E-state index contributed by atoms with van der Waals surface area (Å²) in [4.78, 5) is 1.03. The van der Waals surface area contributed by atoms with Crippen molar-refractivity contribution in [3.05, 3.63) is 35.9 Å². The van der Waals surface area contributed by atoms with Crippen molar-refractivity contribution in [2.45, 2.75) is 6.42 Å². The normalized spacial score (nSPS) is 9.75. The molecule has 0 saturated heterocycles. The molecule has 0 bridgehead atoms. The molecular weight excluding hydrogens is 166 g/mol. The molecule has 0 amide bonds. The lowest BCUT2D eigenvalue weighted by atomic mass is 10.1. The Hall–Kier alpha value is -0.730. The van der Waals surface area contributed by atoms with Crippen LogP contribution in [0.25, 0.3) is 0 Å². The number of hydrogen-bond acceptors (Lipinski definition) is 2. The number of rotatable bonds is 4. The Kier molecular flexibility index (Phi) is 3.91. The largest absolute Gasteiger partial charge is 0.319 e. The highest BCUT2D eigenvalue weighted by molar-refractivity contribution is 7.80. The molecule has 0 aliphatic rings. The molecular formula is C10H13NS. The van der Waals surface area contributed by atoms with Gasteiger partial charge < -0.3 is 5.32 Å². The standard InChI is InChI=1S/C10H13NS/c1-11-8-7-10(12)9-5-3-2-4-6-9/h2-6,11H,7-8H2,1H3. The molecule has 0 aliphatic heterocycles. The minimum Gasteiger partial charge on any atom is -0.319 e. The zero-order valence-electron chi connectivity index (χ0n) is 7.21. The third-order valence-electron chi connectivity index (χ3n) is 1.70. The van der Waals surface area contributed by atoms with E-state index in [9.17, 15) is 0 Å². The minimum atomic E-state index is 0.940. The Morgan fingerprint density at radius 3 is 2.58 bits per heavy atom. The maximum atomic E-state index is 5.25. The van der Waals surface area contributed by atoms with Crippen molar-refractivity contribution >= 4 is 17.1 Å². The molecule has 1 aromatic rings. The molecule has 2 heteroatoms. The summed E-state index contributed by atoms with van der Waals surface area (Å²) >= 11 is 5.25. The predicted molar refractivity (Wildman–Crippen MR) is 56.7 cm³/mol. The highest BCUT2D eigenvalue weighted by Gasteiger charge is 1.97. The summed E-state index contributed by atoms with van der Waals surface area (Å²) in [5.41, 5.74) is 1.17. The Morgan fingerprint density at radius 1 is 1.33 bits per heavy atom. The Morgan fingerprint density at radius 2 is 2.00 bits per heavy atom. The number of benzene rings is 1. The second-order valence-electron chi connectivity index (χ2n) is 2.64. The lowest BCUT2D eigenvalue weighted by Crippen LogP contribution is -2.12. The van der Waals surface area contributed by atoms with Crippen LogP contribution in [0.4, 0.5) is 0 Å². The van der Waals surface area contributed by atoms with Crippen molar-refractivity contribution in [1.29, 1.82) is 0 Å². The van der Waals surface area contributed by atoms with Gasteiger partial charge in [-0.25, -0.2) is 0 Å². The van der Waals surface area contributed by atoms with Crippen LogP contribution in [0.15, 0.2) is 30.3 Å². The summed E-state index contributed by atoms with van der Waals surface area (Å²) in [7, 11) is 1.94. The molecule has 1 nitrogen and oxygen atoms in total. The molecule has 0 unspecified atom stereocenters. The summed E-state index contributed by atoms with van der Waals surface area (Å²) in [6.45, 7) is 0.952. The van der Waals surface area contributed by atoms with Gasteiger partial charge in [-0.15, -0.1) is 0 Å². The lowest BCUT2D eigenvalue weighted by molar-refractivity contribution is 0.828. The Labute approximate surface area is 78.8 Å². The SMILES string of the molecule is CNCCC(=S)c1ccccc1. The third-order valence-corrected chi connectivity index (χ3v) is 2.14. The van der Waals surface area contributed by atoms with E-state index in [0.29, 0.717) is 0 Å². The molecule has 0 saturated carbocycles. The van der Waals surface area contributed by atoms with E-state index in [1.165, 1.54) is 5.56 Å². The first kappa shape index (κ1) is 9.36. The van der Waals surface area contributed by atoms with Gasteiger partial charge in [-0.3, -0.25) is 0 Å². The van der Waals surface area contributed by atoms with Gasteiger partial charge in [0.2, 0.25) is 0 Å². The maximum absolute atomic E-state index is 5.25. The second kappa shape index (κ2) is 5.01. The van der Waals surface area contributed by atoms with Gasteiger partial charge in [-0.1, -0.05) is 42.5 Å². The molecule has 0 atom stereocenters. The van der Waals surface area contributed by atoms with E-state index < -0.39 is 0 Å². The van der Waals surface area contributed by atoms with Crippen molar-refractivity contribution < 1.29 is 0 Å². The van der Waals surface area contributed by atoms with Crippen LogP contribution in [0.2, 0.25) is 0 Å². The van der Waals surface area contributed by atoms with Gasteiger partial charge in [0.05, 0.1) is 0 Å². The highest BCUT2D eigenvalue weighted by Crippen LogP contribution is 2.03.